The molecule has 0 bridgehead atoms. The first kappa shape index (κ1) is 14.5. The van der Waals surface area contributed by atoms with Crippen molar-refractivity contribution in [3.8, 4) is 0 Å². The van der Waals surface area contributed by atoms with E-state index in [0.717, 1.165) is 18.4 Å². The molecule has 0 fully saturated rings. The van der Waals surface area contributed by atoms with E-state index in [2.05, 4.69) is 15.5 Å². The summed E-state index contributed by atoms with van der Waals surface area (Å²) < 4.78 is 27.8. The van der Waals surface area contributed by atoms with Gasteiger partial charge in [-0.15, -0.1) is 0 Å². The van der Waals surface area contributed by atoms with Gasteiger partial charge in [-0.1, -0.05) is 6.07 Å². The Bertz CT molecular complexity index is 570. The summed E-state index contributed by atoms with van der Waals surface area (Å²) in [4.78, 5) is 4.17. The molecule has 0 spiro atoms. The van der Waals surface area contributed by atoms with Gasteiger partial charge in [0.2, 0.25) is 0 Å². The van der Waals surface area contributed by atoms with Crippen LogP contribution in [0.1, 0.15) is 18.3 Å². The van der Waals surface area contributed by atoms with Crippen LogP contribution in [-0.2, 0) is 19.4 Å². The first-order valence-electron chi connectivity index (χ1n) is 6.40. The van der Waals surface area contributed by atoms with E-state index in [1.54, 1.807) is 10.7 Å². The van der Waals surface area contributed by atoms with Crippen LogP contribution in [0.3, 0.4) is 0 Å². The van der Waals surface area contributed by atoms with Gasteiger partial charge in [-0.3, -0.25) is 16.0 Å². The number of hydrogen-bond acceptors (Lipinski definition) is 4. The Morgan fingerprint density at radius 3 is 2.75 bits per heavy atom. The van der Waals surface area contributed by atoms with E-state index in [9.17, 15) is 8.78 Å². The fraction of sp³-hybridized carbons (Fsp3) is 0.385. The molecule has 2 aromatic rings. The Hall–Kier alpha value is -1.86. The SMILES string of the molecule is CCn1ncnc1CC(Cc1ccc(F)c(F)c1)NN. The average molecular weight is 281 g/mol. The minimum Gasteiger partial charge on any atom is -0.271 e. The summed E-state index contributed by atoms with van der Waals surface area (Å²) in [7, 11) is 0. The molecule has 0 saturated heterocycles. The molecule has 0 aliphatic carbocycles. The third-order valence-corrected chi connectivity index (χ3v) is 3.13. The van der Waals surface area contributed by atoms with Crippen molar-refractivity contribution in [1.82, 2.24) is 20.2 Å². The van der Waals surface area contributed by atoms with Gasteiger partial charge in [-0.25, -0.2) is 13.8 Å². The zero-order valence-corrected chi connectivity index (χ0v) is 11.2. The van der Waals surface area contributed by atoms with Crippen molar-refractivity contribution in [2.24, 2.45) is 5.84 Å². The number of hydrazine groups is 1. The van der Waals surface area contributed by atoms with Crippen LogP contribution in [0.15, 0.2) is 24.5 Å². The first-order valence-corrected chi connectivity index (χ1v) is 6.40. The van der Waals surface area contributed by atoms with Gasteiger partial charge in [-0.2, -0.15) is 5.10 Å². The summed E-state index contributed by atoms with van der Waals surface area (Å²) in [6, 6.07) is 3.72. The second-order valence-electron chi connectivity index (χ2n) is 4.51. The first-order chi connectivity index (χ1) is 9.63. The second-order valence-corrected chi connectivity index (χ2v) is 4.51. The third kappa shape index (κ3) is 3.37. The fourth-order valence-corrected chi connectivity index (χ4v) is 2.07. The van der Waals surface area contributed by atoms with E-state index >= 15 is 0 Å². The van der Waals surface area contributed by atoms with E-state index in [1.807, 2.05) is 6.92 Å². The standard InChI is InChI=1S/C13H17F2N5/c1-2-20-13(17-8-18-20)7-10(19-16)5-9-3-4-11(14)12(15)6-9/h3-4,6,8,10,19H,2,5,7,16H2,1H3. The molecule has 0 aliphatic rings. The van der Waals surface area contributed by atoms with Crippen LogP contribution in [0.4, 0.5) is 8.78 Å². The summed E-state index contributed by atoms with van der Waals surface area (Å²) in [5.74, 6) is 4.62. The van der Waals surface area contributed by atoms with Crippen LogP contribution in [-0.4, -0.2) is 20.8 Å². The van der Waals surface area contributed by atoms with Gasteiger partial charge < -0.3 is 0 Å². The molecule has 0 radical (unpaired) electrons. The van der Waals surface area contributed by atoms with Crippen molar-refractivity contribution >= 4 is 0 Å². The van der Waals surface area contributed by atoms with E-state index in [0.29, 0.717) is 18.4 Å². The van der Waals surface area contributed by atoms with Crippen LogP contribution in [0.5, 0.6) is 0 Å². The molecule has 1 heterocycles. The van der Waals surface area contributed by atoms with E-state index in [-0.39, 0.29) is 6.04 Å². The van der Waals surface area contributed by atoms with Crippen molar-refractivity contribution in [3.63, 3.8) is 0 Å². The average Bonchev–Trinajstić information content (AvgIpc) is 2.89. The third-order valence-electron chi connectivity index (χ3n) is 3.13. The molecular formula is C13H17F2N5. The quantitative estimate of drug-likeness (QED) is 0.616. The Morgan fingerprint density at radius 1 is 1.30 bits per heavy atom. The maximum Gasteiger partial charge on any atom is 0.159 e. The van der Waals surface area contributed by atoms with Crippen LogP contribution in [0, 0.1) is 11.6 Å². The lowest BCUT2D eigenvalue weighted by atomic mass is 10.0. The van der Waals surface area contributed by atoms with E-state index in [1.165, 1.54) is 12.4 Å². The molecule has 1 aromatic carbocycles. The number of rotatable bonds is 6. The molecule has 7 heteroatoms. The molecule has 20 heavy (non-hydrogen) atoms. The lowest BCUT2D eigenvalue weighted by Crippen LogP contribution is -2.39. The Kier molecular flexibility index (Phi) is 4.75. The number of halogens is 2. The van der Waals surface area contributed by atoms with Gasteiger partial charge in [0, 0.05) is 19.0 Å². The molecule has 1 atom stereocenters. The van der Waals surface area contributed by atoms with Gasteiger partial charge in [0.1, 0.15) is 12.2 Å². The van der Waals surface area contributed by atoms with Crippen LogP contribution < -0.4 is 11.3 Å². The van der Waals surface area contributed by atoms with Crippen molar-refractivity contribution in [3.05, 3.63) is 47.5 Å². The highest BCUT2D eigenvalue weighted by Gasteiger charge is 2.14. The van der Waals surface area contributed by atoms with E-state index < -0.39 is 11.6 Å². The number of aromatic nitrogens is 3. The number of aryl methyl sites for hydroxylation is 1. The molecule has 1 unspecified atom stereocenters. The minimum absolute atomic E-state index is 0.130. The zero-order valence-electron chi connectivity index (χ0n) is 11.2. The molecular weight excluding hydrogens is 264 g/mol. The lowest BCUT2D eigenvalue weighted by Gasteiger charge is -2.16. The van der Waals surface area contributed by atoms with Crippen LogP contribution in [0.2, 0.25) is 0 Å². The number of nitrogens with zero attached hydrogens (tertiary/aromatic N) is 3. The molecule has 0 aliphatic heterocycles. The fourth-order valence-electron chi connectivity index (χ4n) is 2.07. The predicted octanol–water partition coefficient (Wildman–Crippen LogP) is 1.19. The molecule has 108 valence electrons. The van der Waals surface area contributed by atoms with Gasteiger partial charge in [0.05, 0.1) is 0 Å². The van der Waals surface area contributed by atoms with Crippen molar-refractivity contribution in [2.45, 2.75) is 32.4 Å². The van der Waals surface area contributed by atoms with Crippen molar-refractivity contribution < 1.29 is 8.78 Å². The highest BCUT2D eigenvalue weighted by molar-refractivity contribution is 5.19. The maximum atomic E-state index is 13.2. The van der Waals surface area contributed by atoms with Gasteiger partial charge in [0.15, 0.2) is 11.6 Å². The summed E-state index contributed by atoms with van der Waals surface area (Å²) in [5.41, 5.74) is 3.35. The summed E-state index contributed by atoms with van der Waals surface area (Å²) in [6.45, 7) is 2.69. The van der Waals surface area contributed by atoms with Crippen molar-refractivity contribution in [2.75, 3.05) is 0 Å². The molecule has 1 aromatic heterocycles. The second kappa shape index (κ2) is 6.53. The van der Waals surface area contributed by atoms with Gasteiger partial charge >= 0.3 is 0 Å². The number of benzene rings is 1. The van der Waals surface area contributed by atoms with Crippen molar-refractivity contribution in [1.29, 1.82) is 0 Å². The largest absolute Gasteiger partial charge is 0.271 e. The topological polar surface area (TPSA) is 68.8 Å². The smallest absolute Gasteiger partial charge is 0.159 e. The maximum absolute atomic E-state index is 13.2. The Balaban J connectivity index is 2.07. The van der Waals surface area contributed by atoms with Gasteiger partial charge in [-0.05, 0) is 31.0 Å². The highest BCUT2D eigenvalue weighted by atomic mass is 19.2. The molecule has 0 amide bonds. The van der Waals surface area contributed by atoms with Gasteiger partial charge in [0.25, 0.3) is 0 Å². The summed E-state index contributed by atoms with van der Waals surface area (Å²) in [6.07, 6.45) is 2.53. The zero-order chi connectivity index (χ0) is 14.5. The monoisotopic (exact) mass is 281 g/mol. The number of hydrogen-bond donors (Lipinski definition) is 2. The molecule has 3 N–H and O–H groups in total. The van der Waals surface area contributed by atoms with Crippen LogP contribution >= 0.6 is 0 Å². The summed E-state index contributed by atoms with van der Waals surface area (Å²) in [5, 5.41) is 4.08. The number of nitrogens with two attached hydrogens (primary N) is 1. The Morgan fingerprint density at radius 2 is 2.10 bits per heavy atom. The Labute approximate surface area is 115 Å². The predicted molar refractivity (Wildman–Crippen MR) is 70.6 cm³/mol. The summed E-state index contributed by atoms with van der Waals surface area (Å²) >= 11 is 0. The molecule has 0 saturated carbocycles. The van der Waals surface area contributed by atoms with E-state index in [4.69, 9.17) is 5.84 Å². The minimum atomic E-state index is -0.852. The number of nitrogens with one attached hydrogen (secondary N) is 1. The lowest BCUT2D eigenvalue weighted by molar-refractivity contribution is 0.483. The normalized spacial score (nSPS) is 12.6. The highest BCUT2D eigenvalue weighted by Crippen LogP contribution is 2.12. The molecule has 2 rings (SSSR count). The van der Waals surface area contributed by atoms with Crippen LogP contribution in [0.25, 0.3) is 0 Å². The molecule has 5 nitrogen and oxygen atoms in total.